The molecule has 6 heteroatoms. The minimum absolute atomic E-state index is 0.109. The summed E-state index contributed by atoms with van der Waals surface area (Å²) >= 11 is 0. The predicted octanol–water partition coefficient (Wildman–Crippen LogP) is 2.98. The Balaban J connectivity index is 1.71. The summed E-state index contributed by atoms with van der Waals surface area (Å²) in [6.45, 7) is 4.45. The molecule has 0 radical (unpaired) electrons. The third-order valence-electron chi connectivity index (χ3n) is 6.44. The predicted molar refractivity (Wildman–Crippen MR) is 104 cm³/mol. The minimum Gasteiger partial charge on any atom is -0.492 e. The van der Waals surface area contributed by atoms with Crippen LogP contribution in [0.25, 0.3) is 10.9 Å². The molecule has 1 aliphatic carbocycles. The summed E-state index contributed by atoms with van der Waals surface area (Å²) < 4.78 is 23.2. The van der Waals surface area contributed by atoms with Gasteiger partial charge in [-0.3, -0.25) is 4.79 Å². The van der Waals surface area contributed by atoms with Crippen LogP contribution in [0, 0.1) is 18.7 Å². The Morgan fingerprint density at radius 1 is 1.26 bits per heavy atom. The lowest BCUT2D eigenvalue weighted by Gasteiger charge is -2.25. The number of hydrogen-bond donors (Lipinski definition) is 1. The first-order valence-electron chi connectivity index (χ1n) is 9.98. The number of fused-ring (bicyclic) bond motifs is 2. The van der Waals surface area contributed by atoms with Crippen molar-refractivity contribution in [3.8, 4) is 5.75 Å². The van der Waals surface area contributed by atoms with E-state index in [0.29, 0.717) is 40.4 Å². The summed E-state index contributed by atoms with van der Waals surface area (Å²) in [5.41, 5.74) is 1.80. The lowest BCUT2D eigenvalue weighted by atomic mass is 9.94. The Bertz CT molecular complexity index is 952. The van der Waals surface area contributed by atoms with Gasteiger partial charge < -0.3 is 19.5 Å². The molecule has 0 amide bonds. The number of nitrogens with zero attached hydrogens (tertiary/aromatic N) is 2. The van der Waals surface area contributed by atoms with Crippen molar-refractivity contribution in [1.29, 1.82) is 0 Å². The number of ether oxygens (including phenoxy) is 1. The molecule has 0 bridgehead atoms. The topological polar surface area (TPSA) is 46.5 Å². The quantitative estimate of drug-likeness (QED) is 0.901. The highest BCUT2D eigenvalue weighted by molar-refractivity contribution is 5.92. The molecule has 1 aromatic carbocycles. The lowest BCUT2D eigenvalue weighted by Crippen LogP contribution is -2.40. The van der Waals surface area contributed by atoms with Gasteiger partial charge in [0.2, 0.25) is 0 Å². The number of nitrogens with one attached hydrogen (secondary N) is 1. The molecule has 1 aromatic heterocycles. The number of benzene rings is 1. The highest BCUT2D eigenvalue weighted by Crippen LogP contribution is 2.44. The fraction of sp³-hybridized carbons (Fsp3) is 0.571. The van der Waals surface area contributed by atoms with Gasteiger partial charge in [0.15, 0.2) is 17.0 Å². The van der Waals surface area contributed by atoms with Gasteiger partial charge in [0, 0.05) is 36.9 Å². The molecule has 2 saturated heterocycles. The van der Waals surface area contributed by atoms with Crippen LogP contribution in [0.15, 0.2) is 17.1 Å². The van der Waals surface area contributed by atoms with Crippen molar-refractivity contribution in [3.63, 3.8) is 0 Å². The maximum Gasteiger partial charge on any atom is 0.192 e. The number of halogens is 1. The van der Waals surface area contributed by atoms with Crippen molar-refractivity contribution in [3.05, 3.63) is 33.9 Å². The summed E-state index contributed by atoms with van der Waals surface area (Å²) in [6.07, 6.45) is 6.44. The number of anilines is 1. The molecule has 0 spiro atoms. The lowest BCUT2D eigenvalue weighted by molar-refractivity contribution is 0.340. The molecule has 5 nitrogen and oxygen atoms in total. The molecule has 5 rings (SSSR count). The molecule has 2 atom stereocenters. The number of rotatable bonds is 3. The van der Waals surface area contributed by atoms with Crippen molar-refractivity contribution in [2.45, 2.75) is 44.7 Å². The van der Waals surface area contributed by atoms with E-state index >= 15 is 4.39 Å². The molecule has 0 unspecified atom stereocenters. The van der Waals surface area contributed by atoms with Crippen LogP contribution in [0.2, 0.25) is 0 Å². The van der Waals surface area contributed by atoms with E-state index in [1.165, 1.54) is 18.9 Å². The second-order valence-electron chi connectivity index (χ2n) is 8.28. The smallest absolute Gasteiger partial charge is 0.192 e. The van der Waals surface area contributed by atoms with E-state index in [2.05, 4.69) is 14.8 Å². The Kier molecular flexibility index (Phi) is 3.93. The van der Waals surface area contributed by atoms with Crippen molar-refractivity contribution in [2.24, 2.45) is 5.92 Å². The number of aromatic nitrogens is 1. The fourth-order valence-corrected chi connectivity index (χ4v) is 4.94. The zero-order chi connectivity index (χ0) is 18.7. The zero-order valence-electron chi connectivity index (χ0n) is 15.9. The fourth-order valence-electron chi connectivity index (χ4n) is 4.94. The largest absolute Gasteiger partial charge is 0.492 e. The molecule has 1 saturated carbocycles. The maximum absolute atomic E-state index is 15.3. The van der Waals surface area contributed by atoms with E-state index in [9.17, 15) is 4.79 Å². The summed E-state index contributed by atoms with van der Waals surface area (Å²) in [7, 11) is 1.58. The van der Waals surface area contributed by atoms with Crippen LogP contribution in [-0.2, 0) is 0 Å². The third kappa shape index (κ3) is 2.64. The maximum atomic E-state index is 15.3. The molecule has 27 heavy (non-hydrogen) atoms. The molecule has 3 fully saturated rings. The van der Waals surface area contributed by atoms with Gasteiger partial charge in [0.25, 0.3) is 0 Å². The average molecular weight is 371 g/mol. The van der Waals surface area contributed by atoms with E-state index < -0.39 is 0 Å². The van der Waals surface area contributed by atoms with Gasteiger partial charge in [-0.25, -0.2) is 4.39 Å². The molecule has 2 aromatic rings. The molecule has 1 N–H and O–H groups in total. The van der Waals surface area contributed by atoms with Crippen molar-refractivity contribution < 1.29 is 9.13 Å². The number of pyridine rings is 1. The second kappa shape index (κ2) is 6.23. The number of hydrogen-bond acceptors (Lipinski definition) is 4. The van der Waals surface area contributed by atoms with E-state index in [1.807, 2.05) is 6.20 Å². The van der Waals surface area contributed by atoms with E-state index in [0.717, 1.165) is 38.0 Å². The first-order chi connectivity index (χ1) is 13.1. The van der Waals surface area contributed by atoms with Gasteiger partial charge in [0.1, 0.15) is 5.69 Å². The Hall–Kier alpha value is -2.08. The highest BCUT2D eigenvalue weighted by atomic mass is 19.1. The highest BCUT2D eigenvalue weighted by Gasteiger charge is 2.37. The summed E-state index contributed by atoms with van der Waals surface area (Å²) in [5, 5.41) is 4.00. The first kappa shape index (κ1) is 17.0. The zero-order valence-corrected chi connectivity index (χ0v) is 15.9. The van der Waals surface area contributed by atoms with Gasteiger partial charge in [-0.15, -0.1) is 0 Å². The van der Waals surface area contributed by atoms with Crippen molar-refractivity contribution in [2.75, 3.05) is 31.6 Å². The molecular formula is C21H26FN3O2. The number of piperidine rings is 1. The van der Waals surface area contributed by atoms with Gasteiger partial charge >= 0.3 is 0 Å². The average Bonchev–Trinajstić information content (AvgIpc) is 3.42. The van der Waals surface area contributed by atoms with Gasteiger partial charge in [-0.2, -0.15) is 0 Å². The Labute approximate surface area is 158 Å². The van der Waals surface area contributed by atoms with E-state index in [-0.39, 0.29) is 11.2 Å². The van der Waals surface area contributed by atoms with Crippen LogP contribution in [0.1, 0.15) is 37.3 Å². The Morgan fingerprint density at radius 2 is 2.07 bits per heavy atom. The van der Waals surface area contributed by atoms with Crippen LogP contribution >= 0.6 is 0 Å². The van der Waals surface area contributed by atoms with Crippen LogP contribution in [0.5, 0.6) is 5.75 Å². The Morgan fingerprint density at radius 3 is 2.78 bits per heavy atom. The molecule has 144 valence electrons. The first-order valence-corrected chi connectivity index (χ1v) is 9.98. The minimum atomic E-state index is -0.358. The summed E-state index contributed by atoms with van der Waals surface area (Å²) in [5.74, 6) is 0.692. The van der Waals surface area contributed by atoms with E-state index in [1.54, 1.807) is 14.0 Å². The molecule has 3 aliphatic rings. The molecule has 3 heterocycles. The standard InChI is InChI=1S/C21H26FN3O2/c1-12-9-25(14-5-6-14)18-15(20(12)26)8-16(22)19(21(18)27-2)24-10-13-4-3-7-23-17(13)11-24/h8-9,13-14,17,23H,3-7,10-11H2,1-2H3/t13-,17+/m1/s1. The van der Waals surface area contributed by atoms with E-state index in [4.69, 9.17) is 4.74 Å². The van der Waals surface area contributed by atoms with Crippen LogP contribution in [0.3, 0.4) is 0 Å². The van der Waals surface area contributed by atoms with Gasteiger partial charge in [-0.1, -0.05) is 0 Å². The van der Waals surface area contributed by atoms with Crippen LogP contribution < -0.4 is 20.4 Å². The van der Waals surface area contributed by atoms with Crippen LogP contribution in [0.4, 0.5) is 10.1 Å². The van der Waals surface area contributed by atoms with Crippen molar-refractivity contribution >= 4 is 16.6 Å². The molecular weight excluding hydrogens is 345 g/mol. The SMILES string of the molecule is COc1c(N2C[C@H]3CCCN[C@H]3C2)c(F)cc2c(=O)c(C)cn(C3CC3)c12. The third-order valence-corrected chi connectivity index (χ3v) is 6.44. The number of aryl methyl sites for hydroxylation is 1. The van der Waals surface area contributed by atoms with Gasteiger partial charge in [-0.05, 0) is 51.1 Å². The van der Waals surface area contributed by atoms with Gasteiger partial charge in [0.05, 0.1) is 18.0 Å². The van der Waals surface area contributed by atoms with Crippen LogP contribution in [-0.4, -0.2) is 37.4 Å². The van der Waals surface area contributed by atoms with Crippen molar-refractivity contribution in [1.82, 2.24) is 9.88 Å². The monoisotopic (exact) mass is 371 g/mol. The number of methoxy groups -OCH3 is 1. The second-order valence-corrected chi connectivity index (χ2v) is 8.28. The summed E-state index contributed by atoms with van der Waals surface area (Å²) in [4.78, 5) is 14.8. The summed E-state index contributed by atoms with van der Waals surface area (Å²) in [6, 6.07) is 2.21. The molecule has 2 aliphatic heterocycles. The normalized spacial score (nSPS) is 25.1.